The molecule has 1 heterocycles. The molecule has 0 spiro atoms. The Balaban J connectivity index is 1.51. The number of anilines is 1. The molecule has 0 unspecified atom stereocenters. The summed E-state index contributed by atoms with van der Waals surface area (Å²) in [4.78, 5) is 39.4. The van der Waals surface area contributed by atoms with Crippen LogP contribution in [0.15, 0.2) is 54.6 Å². The van der Waals surface area contributed by atoms with Crippen LogP contribution >= 0.6 is 0 Å². The normalized spacial score (nSPS) is 14.8. The molecule has 0 aromatic heterocycles. The van der Waals surface area contributed by atoms with Crippen molar-refractivity contribution < 1.29 is 19.2 Å². The topological polar surface area (TPSA) is 105 Å². The maximum Gasteiger partial charge on any atom is 0.292 e. The highest BCUT2D eigenvalue weighted by atomic mass is 16.6. The first-order chi connectivity index (χ1) is 15.4. The minimum Gasteiger partial charge on any atom is -0.497 e. The molecule has 1 aliphatic rings. The third kappa shape index (κ3) is 5.63. The van der Waals surface area contributed by atoms with E-state index in [-0.39, 0.29) is 17.5 Å². The molecule has 9 heteroatoms. The lowest BCUT2D eigenvalue weighted by molar-refractivity contribution is -0.384. The summed E-state index contributed by atoms with van der Waals surface area (Å²) in [6.07, 6.45) is 3.05. The van der Waals surface area contributed by atoms with E-state index < -0.39 is 11.0 Å². The van der Waals surface area contributed by atoms with Gasteiger partial charge in [-0.05, 0) is 36.8 Å². The zero-order chi connectivity index (χ0) is 23.1. The van der Waals surface area contributed by atoms with Crippen molar-refractivity contribution in [3.8, 4) is 5.75 Å². The number of hydrogen-bond donors (Lipinski definition) is 1. The second-order valence-electron chi connectivity index (χ2n) is 7.39. The van der Waals surface area contributed by atoms with Crippen LogP contribution in [0.3, 0.4) is 0 Å². The van der Waals surface area contributed by atoms with E-state index in [1.54, 1.807) is 55.3 Å². The van der Waals surface area contributed by atoms with Crippen molar-refractivity contribution in [1.82, 2.24) is 10.2 Å². The third-order valence-electron chi connectivity index (χ3n) is 5.28. The van der Waals surface area contributed by atoms with Gasteiger partial charge in [-0.3, -0.25) is 19.7 Å². The number of nitro groups is 1. The van der Waals surface area contributed by atoms with Crippen molar-refractivity contribution >= 4 is 29.3 Å². The van der Waals surface area contributed by atoms with Gasteiger partial charge in [0.15, 0.2) is 0 Å². The second-order valence-corrected chi connectivity index (χ2v) is 7.39. The molecule has 0 aliphatic carbocycles. The summed E-state index contributed by atoms with van der Waals surface area (Å²) in [6, 6.07) is 13.2. The van der Waals surface area contributed by atoms with Gasteiger partial charge in [0.1, 0.15) is 17.5 Å². The average Bonchev–Trinajstić information content (AvgIpc) is 2.82. The molecule has 2 aromatic rings. The summed E-state index contributed by atoms with van der Waals surface area (Å²) >= 11 is 0. The zero-order valence-corrected chi connectivity index (χ0v) is 18.1. The van der Waals surface area contributed by atoms with Gasteiger partial charge < -0.3 is 19.9 Å². The van der Waals surface area contributed by atoms with E-state index in [4.69, 9.17) is 4.74 Å². The number of benzene rings is 2. The number of methoxy groups -OCH3 is 1. The number of amides is 2. The van der Waals surface area contributed by atoms with Gasteiger partial charge in [0.05, 0.1) is 12.0 Å². The van der Waals surface area contributed by atoms with Crippen molar-refractivity contribution in [3.63, 3.8) is 0 Å². The molecule has 168 valence electrons. The number of carbonyl (C=O) groups is 2. The molecule has 0 radical (unpaired) electrons. The number of nitrogens with one attached hydrogen (secondary N) is 1. The van der Waals surface area contributed by atoms with Gasteiger partial charge in [0.2, 0.25) is 11.8 Å². The van der Waals surface area contributed by atoms with Crippen LogP contribution < -0.4 is 15.0 Å². The highest BCUT2D eigenvalue weighted by Crippen LogP contribution is 2.28. The quantitative estimate of drug-likeness (QED) is 0.405. The summed E-state index contributed by atoms with van der Waals surface area (Å²) in [7, 11) is 1.59. The molecule has 1 N–H and O–H groups in total. The van der Waals surface area contributed by atoms with Gasteiger partial charge >= 0.3 is 0 Å². The molecule has 2 aromatic carbocycles. The SMILES string of the molecule is COc1ccc(/C=C/C(=O)N[C@@H](C)C(=O)N2CCN(c3ccccc3[N+](=O)[O-])CC2)cc1. The van der Waals surface area contributed by atoms with Crippen LogP contribution in [-0.2, 0) is 9.59 Å². The van der Waals surface area contributed by atoms with E-state index in [1.165, 1.54) is 12.1 Å². The highest BCUT2D eigenvalue weighted by molar-refractivity contribution is 5.95. The molecule has 2 amide bonds. The summed E-state index contributed by atoms with van der Waals surface area (Å²) in [5.41, 5.74) is 1.44. The van der Waals surface area contributed by atoms with Crippen LogP contribution in [0.2, 0.25) is 0 Å². The Labute approximate surface area is 186 Å². The van der Waals surface area contributed by atoms with Crippen molar-refractivity contribution in [1.29, 1.82) is 0 Å². The molecule has 0 bridgehead atoms. The van der Waals surface area contributed by atoms with E-state index in [0.29, 0.717) is 31.9 Å². The molecular formula is C23H26N4O5. The summed E-state index contributed by atoms with van der Waals surface area (Å²) in [6.45, 7) is 3.46. The largest absolute Gasteiger partial charge is 0.497 e. The number of para-hydroxylation sites is 2. The van der Waals surface area contributed by atoms with Gasteiger partial charge in [0, 0.05) is 38.3 Å². The Morgan fingerprint density at radius 1 is 1.09 bits per heavy atom. The molecule has 9 nitrogen and oxygen atoms in total. The number of carbonyl (C=O) groups excluding carboxylic acids is 2. The first-order valence-corrected chi connectivity index (χ1v) is 10.3. The fourth-order valence-electron chi connectivity index (χ4n) is 3.54. The van der Waals surface area contributed by atoms with Gasteiger partial charge in [-0.1, -0.05) is 24.3 Å². The fourth-order valence-corrected chi connectivity index (χ4v) is 3.54. The number of ether oxygens (including phenoxy) is 1. The van der Waals surface area contributed by atoms with Gasteiger partial charge in [-0.25, -0.2) is 0 Å². The van der Waals surface area contributed by atoms with Crippen LogP contribution in [0.1, 0.15) is 12.5 Å². The Morgan fingerprint density at radius 3 is 2.38 bits per heavy atom. The first-order valence-electron chi connectivity index (χ1n) is 10.3. The van der Waals surface area contributed by atoms with Crippen molar-refractivity contribution in [2.75, 3.05) is 38.2 Å². The Morgan fingerprint density at radius 2 is 1.75 bits per heavy atom. The van der Waals surface area contributed by atoms with E-state index in [2.05, 4.69) is 5.32 Å². The molecule has 1 aliphatic heterocycles. The van der Waals surface area contributed by atoms with Crippen LogP contribution in [0.5, 0.6) is 5.75 Å². The Bertz CT molecular complexity index is 998. The molecular weight excluding hydrogens is 412 g/mol. The minimum absolute atomic E-state index is 0.0524. The average molecular weight is 438 g/mol. The number of piperazine rings is 1. The van der Waals surface area contributed by atoms with Crippen LogP contribution in [0, 0.1) is 10.1 Å². The Kier molecular flexibility index (Phi) is 7.43. The van der Waals surface area contributed by atoms with E-state index >= 15 is 0 Å². The van der Waals surface area contributed by atoms with Gasteiger partial charge in [-0.2, -0.15) is 0 Å². The number of nitrogens with zero attached hydrogens (tertiary/aromatic N) is 3. The van der Waals surface area contributed by atoms with Crippen molar-refractivity contribution in [2.24, 2.45) is 0 Å². The minimum atomic E-state index is -0.680. The molecule has 1 atom stereocenters. The first kappa shape index (κ1) is 22.8. The van der Waals surface area contributed by atoms with Crippen LogP contribution in [0.25, 0.3) is 6.08 Å². The van der Waals surface area contributed by atoms with E-state index in [9.17, 15) is 19.7 Å². The maximum absolute atomic E-state index is 12.7. The van der Waals surface area contributed by atoms with E-state index in [0.717, 1.165) is 11.3 Å². The fraction of sp³-hybridized carbons (Fsp3) is 0.304. The maximum atomic E-state index is 12.7. The number of hydrogen-bond acceptors (Lipinski definition) is 6. The zero-order valence-electron chi connectivity index (χ0n) is 18.1. The van der Waals surface area contributed by atoms with Gasteiger partial charge in [0.25, 0.3) is 5.69 Å². The monoisotopic (exact) mass is 438 g/mol. The Hall–Kier alpha value is -3.88. The number of nitro benzene ring substituents is 1. The van der Waals surface area contributed by atoms with E-state index in [1.807, 2.05) is 17.0 Å². The molecule has 1 saturated heterocycles. The predicted molar refractivity (Wildman–Crippen MR) is 122 cm³/mol. The standard InChI is InChI=1S/C23H26N4O5/c1-17(24-22(28)12-9-18-7-10-19(32-2)11-8-18)23(29)26-15-13-25(14-16-26)20-5-3-4-6-21(20)27(30)31/h3-12,17H,13-16H2,1-2H3,(H,24,28)/b12-9+/t17-/m0/s1. The lowest BCUT2D eigenvalue weighted by Gasteiger charge is -2.36. The van der Waals surface area contributed by atoms with Crippen molar-refractivity contribution in [2.45, 2.75) is 13.0 Å². The lowest BCUT2D eigenvalue weighted by Crippen LogP contribution is -2.54. The van der Waals surface area contributed by atoms with Crippen LogP contribution in [0.4, 0.5) is 11.4 Å². The predicted octanol–water partition coefficient (Wildman–Crippen LogP) is 2.47. The molecule has 3 rings (SSSR count). The smallest absolute Gasteiger partial charge is 0.292 e. The summed E-state index contributed by atoms with van der Waals surface area (Å²) in [5.74, 6) is 0.186. The molecule has 0 saturated carbocycles. The van der Waals surface area contributed by atoms with Gasteiger partial charge in [-0.15, -0.1) is 0 Å². The second kappa shape index (κ2) is 10.4. The third-order valence-corrected chi connectivity index (χ3v) is 5.28. The summed E-state index contributed by atoms with van der Waals surface area (Å²) in [5, 5.41) is 14.0. The summed E-state index contributed by atoms with van der Waals surface area (Å²) < 4.78 is 5.10. The molecule has 32 heavy (non-hydrogen) atoms. The number of rotatable bonds is 7. The lowest BCUT2D eigenvalue weighted by atomic mass is 10.2. The van der Waals surface area contributed by atoms with Crippen molar-refractivity contribution in [3.05, 3.63) is 70.3 Å². The van der Waals surface area contributed by atoms with Crippen LogP contribution in [-0.4, -0.2) is 61.0 Å². The highest BCUT2D eigenvalue weighted by Gasteiger charge is 2.28. The molecule has 1 fully saturated rings.